The fourth-order valence-corrected chi connectivity index (χ4v) is 4.40. The Morgan fingerprint density at radius 1 is 0.593 bits per heavy atom. The molecule has 3 heteroatoms. The molecule has 1 nitrogen and oxygen atoms in total. The van der Waals surface area contributed by atoms with E-state index in [1.54, 1.807) is 24.3 Å². The van der Waals surface area contributed by atoms with E-state index in [1.165, 1.54) is 12.1 Å². The fraction of sp³-hybridized carbons (Fsp3) is 0.250. The molecule has 0 saturated carbocycles. The Kier molecular flexibility index (Phi) is 5.04. The van der Waals surface area contributed by atoms with Crippen LogP contribution in [0.2, 0.25) is 0 Å². The van der Waals surface area contributed by atoms with Crippen molar-refractivity contribution in [2.75, 3.05) is 13.1 Å². The van der Waals surface area contributed by atoms with Gasteiger partial charge in [-0.3, -0.25) is 4.90 Å². The Morgan fingerprint density at radius 3 is 1.59 bits per heavy atom. The third kappa shape index (κ3) is 3.06. The molecule has 0 N–H and O–H groups in total. The highest BCUT2D eigenvalue weighted by atomic mass is 19.1. The zero-order valence-electron chi connectivity index (χ0n) is 15.2. The standard InChI is InChI=1S/C24H23F2N/c25-22-15-7-5-13-20(22)24(19-11-3-1-4-12-19,27-17-9-2-10-18-27)21-14-6-8-16-23(21)26/h1,3-8,11-16H,2,9-10,17-18H2. The van der Waals surface area contributed by atoms with E-state index in [2.05, 4.69) is 4.90 Å². The van der Waals surface area contributed by atoms with Gasteiger partial charge in [-0.25, -0.2) is 8.78 Å². The maximum Gasteiger partial charge on any atom is 0.128 e. The van der Waals surface area contributed by atoms with Crippen LogP contribution in [-0.2, 0) is 5.54 Å². The van der Waals surface area contributed by atoms with Crippen molar-refractivity contribution >= 4 is 0 Å². The highest BCUT2D eigenvalue weighted by Gasteiger charge is 2.45. The van der Waals surface area contributed by atoms with Gasteiger partial charge in [0.2, 0.25) is 0 Å². The molecule has 0 radical (unpaired) electrons. The molecule has 0 aliphatic carbocycles. The van der Waals surface area contributed by atoms with Crippen LogP contribution in [0.4, 0.5) is 8.78 Å². The van der Waals surface area contributed by atoms with E-state index >= 15 is 8.78 Å². The monoisotopic (exact) mass is 363 g/mol. The molecule has 1 heterocycles. The van der Waals surface area contributed by atoms with Crippen LogP contribution in [0.5, 0.6) is 0 Å². The summed E-state index contributed by atoms with van der Waals surface area (Å²) in [5.74, 6) is -0.620. The summed E-state index contributed by atoms with van der Waals surface area (Å²) in [5.41, 5.74) is 0.909. The molecule has 0 spiro atoms. The Balaban J connectivity index is 2.09. The number of likely N-dealkylation sites (tertiary alicyclic amines) is 1. The summed E-state index contributed by atoms with van der Waals surface area (Å²) in [6.07, 6.45) is 3.20. The van der Waals surface area contributed by atoms with Crippen molar-refractivity contribution in [3.63, 3.8) is 0 Å². The van der Waals surface area contributed by atoms with Crippen molar-refractivity contribution < 1.29 is 8.78 Å². The van der Waals surface area contributed by atoms with Gasteiger partial charge in [-0.2, -0.15) is 0 Å². The molecular weight excluding hydrogens is 340 g/mol. The van der Waals surface area contributed by atoms with Gasteiger partial charge in [0, 0.05) is 11.1 Å². The van der Waals surface area contributed by atoms with E-state index in [1.807, 2.05) is 42.5 Å². The van der Waals surface area contributed by atoms with Crippen molar-refractivity contribution in [1.82, 2.24) is 4.90 Å². The van der Waals surface area contributed by atoms with E-state index in [-0.39, 0.29) is 11.6 Å². The summed E-state index contributed by atoms with van der Waals surface area (Å²) in [6, 6.07) is 23.3. The lowest BCUT2D eigenvalue weighted by atomic mass is 9.74. The van der Waals surface area contributed by atoms with Gasteiger partial charge in [0.1, 0.15) is 17.2 Å². The number of halogens is 2. The highest BCUT2D eigenvalue weighted by Crippen LogP contribution is 2.45. The van der Waals surface area contributed by atoms with E-state index in [4.69, 9.17) is 0 Å². The zero-order chi connectivity index (χ0) is 18.7. The van der Waals surface area contributed by atoms with E-state index in [9.17, 15) is 0 Å². The first-order valence-corrected chi connectivity index (χ1v) is 9.55. The van der Waals surface area contributed by atoms with Crippen molar-refractivity contribution in [3.05, 3.63) is 107 Å². The smallest absolute Gasteiger partial charge is 0.128 e. The molecule has 1 fully saturated rings. The Morgan fingerprint density at radius 2 is 1.07 bits per heavy atom. The average Bonchev–Trinajstić information content (AvgIpc) is 2.73. The molecule has 0 aromatic heterocycles. The summed E-state index contributed by atoms with van der Waals surface area (Å²) < 4.78 is 30.4. The number of benzene rings is 3. The topological polar surface area (TPSA) is 3.24 Å². The molecule has 1 aliphatic rings. The number of rotatable bonds is 4. The van der Waals surface area contributed by atoms with Crippen LogP contribution < -0.4 is 0 Å². The molecule has 3 aromatic rings. The first-order chi connectivity index (χ1) is 13.2. The van der Waals surface area contributed by atoms with Crippen LogP contribution in [0.15, 0.2) is 78.9 Å². The van der Waals surface area contributed by atoms with Crippen LogP contribution in [0, 0.1) is 11.6 Å². The van der Waals surface area contributed by atoms with Gasteiger partial charge in [0.05, 0.1) is 0 Å². The van der Waals surface area contributed by atoms with Crippen molar-refractivity contribution in [3.8, 4) is 0 Å². The molecule has 0 unspecified atom stereocenters. The molecule has 0 amide bonds. The summed E-state index contributed by atoms with van der Waals surface area (Å²) in [6.45, 7) is 1.61. The molecule has 1 aliphatic heterocycles. The second-order valence-electron chi connectivity index (χ2n) is 7.08. The number of nitrogens with zero attached hydrogens (tertiary/aromatic N) is 1. The van der Waals surface area contributed by atoms with Crippen molar-refractivity contribution in [1.29, 1.82) is 0 Å². The molecule has 0 bridgehead atoms. The summed E-state index contributed by atoms with van der Waals surface area (Å²) in [5, 5.41) is 0. The SMILES string of the molecule is Fc1ccccc1C(c1ccccc1)(c1ccccc1F)N1CCCCC1. The lowest BCUT2D eigenvalue weighted by Crippen LogP contribution is -2.51. The minimum absolute atomic E-state index is 0.310. The van der Waals surface area contributed by atoms with Crippen LogP contribution in [0.25, 0.3) is 0 Å². The second kappa shape index (κ2) is 7.61. The first-order valence-electron chi connectivity index (χ1n) is 9.55. The third-order valence-electron chi connectivity index (χ3n) is 5.55. The Labute approximate surface area is 159 Å². The fourth-order valence-electron chi connectivity index (χ4n) is 4.40. The predicted octanol–water partition coefficient (Wildman–Crippen LogP) is 5.74. The molecule has 3 aromatic carbocycles. The van der Waals surface area contributed by atoms with E-state index in [0.717, 1.165) is 37.9 Å². The van der Waals surface area contributed by atoms with Gasteiger partial charge in [-0.05, 0) is 43.6 Å². The largest absolute Gasteiger partial charge is 0.286 e. The van der Waals surface area contributed by atoms with Gasteiger partial charge in [-0.15, -0.1) is 0 Å². The average molecular weight is 363 g/mol. The van der Waals surface area contributed by atoms with Crippen LogP contribution in [0.3, 0.4) is 0 Å². The number of piperidine rings is 1. The van der Waals surface area contributed by atoms with Gasteiger partial charge >= 0.3 is 0 Å². The van der Waals surface area contributed by atoms with Crippen LogP contribution in [-0.4, -0.2) is 18.0 Å². The maximum absolute atomic E-state index is 15.2. The third-order valence-corrected chi connectivity index (χ3v) is 5.55. The molecule has 138 valence electrons. The lowest BCUT2D eigenvalue weighted by molar-refractivity contribution is 0.121. The molecule has 0 atom stereocenters. The summed E-state index contributed by atoms with van der Waals surface area (Å²) in [4.78, 5) is 2.25. The van der Waals surface area contributed by atoms with Gasteiger partial charge in [0.25, 0.3) is 0 Å². The van der Waals surface area contributed by atoms with Gasteiger partial charge < -0.3 is 0 Å². The summed E-state index contributed by atoms with van der Waals surface area (Å²) in [7, 11) is 0. The Hall–Kier alpha value is -2.52. The Bertz CT molecular complexity index is 856. The quantitative estimate of drug-likeness (QED) is 0.534. The van der Waals surface area contributed by atoms with Crippen LogP contribution in [0.1, 0.15) is 36.0 Å². The van der Waals surface area contributed by atoms with Crippen molar-refractivity contribution in [2.24, 2.45) is 0 Å². The zero-order valence-corrected chi connectivity index (χ0v) is 15.2. The number of hydrogen-bond acceptors (Lipinski definition) is 1. The first kappa shape index (κ1) is 17.9. The van der Waals surface area contributed by atoms with Crippen LogP contribution >= 0.6 is 0 Å². The molecular formula is C24H23F2N. The molecule has 4 rings (SSSR count). The summed E-state index contributed by atoms with van der Waals surface area (Å²) >= 11 is 0. The van der Waals surface area contributed by atoms with Gasteiger partial charge in [0.15, 0.2) is 0 Å². The molecule has 27 heavy (non-hydrogen) atoms. The minimum atomic E-state index is -0.988. The number of hydrogen-bond donors (Lipinski definition) is 0. The normalized spacial score (nSPS) is 15.6. The second-order valence-corrected chi connectivity index (χ2v) is 7.08. The van der Waals surface area contributed by atoms with Gasteiger partial charge in [-0.1, -0.05) is 73.2 Å². The maximum atomic E-state index is 15.2. The highest BCUT2D eigenvalue weighted by molar-refractivity contribution is 5.50. The minimum Gasteiger partial charge on any atom is -0.286 e. The van der Waals surface area contributed by atoms with E-state index < -0.39 is 5.54 Å². The van der Waals surface area contributed by atoms with Crippen molar-refractivity contribution in [2.45, 2.75) is 24.8 Å². The van der Waals surface area contributed by atoms with E-state index in [0.29, 0.717) is 11.1 Å². The predicted molar refractivity (Wildman–Crippen MR) is 105 cm³/mol. The molecule has 1 saturated heterocycles. The lowest BCUT2D eigenvalue weighted by Gasteiger charge is -2.47.